The third kappa shape index (κ3) is 2.93. The van der Waals surface area contributed by atoms with E-state index in [9.17, 15) is 17.6 Å². The van der Waals surface area contributed by atoms with E-state index in [4.69, 9.17) is 21.1 Å². The van der Waals surface area contributed by atoms with Crippen molar-refractivity contribution in [3.05, 3.63) is 22.7 Å². The van der Waals surface area contributed by atoms with Crippen molar-refractivity contribution in [2.24, 2.45) is 0 Å². The first kappa shape index (κ1) is 16.8. The largest absolute Gasteiger partial charge is 0.495 e. The quantitative estimate of drug-likeness (QED) is 0.815. The summed E-state index contributed by atoms with van der Waals surface area (Å²) < 4.78 is 62.1. The highest BCUT2D eigenvalue weighted by atomic mass is 35.5. The number of rotatable bonds is 6. The molecule has 114 valence electrons. The summed E-state index contributed by atoms with van der Waals surface area (Å²) in [4.78, 5) is 0. The summed E-state index contributed by atoms with van der Waals surface area (Å²) in [6, 6.07) is 0.577. The van der Waals surface area contributed by atoms with E-state index < -0.39 is 18.4 Å². The van der Waals surface area contributed by atoms with E-state index >= 15 is 0 Å². The lowest BCUT2D eigenvalue weighted by molar-refractivity contribution is -0.150. The Bertz CT molecular complexity index is 471. The van der Waals surface area contributed by atoms with Crippen LogP contribution in [0.15, 0.2) is 12.1 Å². The van der Waals surface area contributed by atoms with Gasteiger partial charge in [-0.25, -0.2) is 8.78 Å². The van der Waals surface area contributed by atoms with E-state index in [-0.39, 0.29) is 22.1 Å². The minimum absolute atomic E-state index is 0.0576. The topological polar surface area (TPSA) is 30.5 Å². The predicted molar refractivity (Wildman–Crippen MR) is 67.3 cm³/mol. The number of benzene rings is 1. The molecule has 1 aromatic carbocycles. The van der Waals surface area contributed by atoms with Gasteiger partial charge in [-0.1, -0.05) is 11.6 Å². The van der Waals surface area contributed by atoms with Crippen LogP contribution in [0.3, 0.4) is 0 Å². The van der Waals surface area contributed by atoms with E-state index in [1.165, 1.54) is 26.4 Å². The molecule has 8 heteroatoms. The van der Waals surface area contributed by atoms with Crippen molar-refractivity contribution in [3.63, 3.8) is 0 Å². The second-order valence-electron chi connectivity index (χ2n) is 3.90. The standard InChI is InChI=1S/C12H14ClF4NO2/c1-18-10(12(16,17)11(14)15)6-4-5-7(19-2)8(13)9(6)20-3/h4-5,10-11,18H,1-3H3. The summed E-state index contributed by atoms with van der Waals surface area (Å²) in [5, 5.41) is 2.11. The molecule has 0 aliphatic carbocycles. The summed E-state index contributed by atoms with van der Waals surface area (Å²) in [7, 11) is 3.69. The Labute approximate surface area is 118 Å². The molecule has 1 atom stereocenters. The summed E-state index contributed by atoms with van der Waals surface area (Å²) >= 11 is 5.93. The van der Waals surface area contributed by atoms with E-state index in [0.29, 0.717) is 0 Å². The second-order valence-corrected chi connectivity index (χ2v) is 4.28. The summed E-state index contributed by atoms with van der Waals surface area (Å²) in [6.07, 6.45) is -3.83. The van der Waals surface area contributed by atoms with Crippen molar-refractivity contribution in [2.75, 3.05) is 21.3 Å². The third-order valence-electron chi connectivity index (χ3n) is 2.79. The molecule has 1 rings (SSSR count). The fourth-order valence-corrected chi connectivity index (χ4v) is 2.15. The zero-order valence-corrected chi connectivity index (χ0v) is 11.8. The zero-order chi connectivity index (χ0) is 15.5. The molecule has 0 saturated carbocycles. The molecule has 0 bridgehead atoms. The van der Waals surface area contributed by atoms with Gasteiger partial charge in [-0.15, -0.1) is 0 Å². The highest BCUT2D eigenvalue weighted by Crippen LogP contribution is 2.45. The molecule has 0 radical (unpaired) electrons. The first-order valence-corrected chi connectivity index (χ1v) is 5.92. The number of halogens is 5. The van der Waals surface area contributed by atoms with Crippen molar-refractivity contribution in [1.82, 2.24) is 5.32 Å². The molecule has 1 aromatic rings. The van der Waals surface area contributed by atoms with Gasteiger partial charge in [0, 0.05) is 5.56 Å². The monoisotopic (exact) mass is 315 g/mol. The Balaban J connectivity index is 3.40. The Morgan fingerprint density at radius 2 is 1.80 bits per heavy atom. The number of hydrogen-bond acceptors (Lipinski definition) is 3. The first-order chi connectivity index (χ1) is 9.31. The fraction of sp³-hybridized carbons (Fsp3) is 0.500. The van der Waals surface area contributed by atoms with Gasteiger partial charge in [0.1, 0.15) is 22.6 Å². The van der Waals surface area contributed by atoms with Crippen LogP contribution in [-0.2, 0) is 0 Å². The highest BCUT2D eigenvalue weighted by molar-refractivity contribution is 6.33. The Morgan fingerprint density at radius 1 is 1.20 bits per heavy atom. The molecule has 0 saturated heterocycles. The number of nitrogens with one attached hydrogen (secondary N) is 1. The molecule has 0 amide bonds. The summed E-state index contributed by atoms with van der Waals surface area (Å²) in [6.45, 7) is 0. The van der Waals surface area contributed by atoms with Gasteiger partial charge in [-0.05, 0) is 19.2 Å². The zero-order valence-electron chi connectivity index (χ0n) is 11.0. The maximum absolute atomic E-state index is 13.6. The molecular weight excluding hydrogens is 302 g/mol. The maximum atomic E-state index is 13.6. The van der Waals surface area contributed by atoms with Gasteiger partial charge >= 0.3 is 12.3 Å². The van der Waals surface area contributed by atoms with Gasteiger partial charge in [-0.2, -0.15) is 8.78 Å². The van der Waals surface area contributed by atoms with Crippen molar-refractivity contribution >= 4 is 11.6 Å². The smallest absolute Gasteiger partial charge is 0.326 e. The van der Waals surface area contributed by atoms with Crippen molar-refractivity contribution in [3.8, 4) is 11.5 Å². The lowest BCUT2D eigenvalue weighted by Crippen LogP contribution is -2.41. The predicted octanol–water partition coefficient (Wildman–Crippen LogP) is 3.52. The summed E-state index contributed by atoms with van der Waals surface area (Å²) in [5.74, 6) is -4.21. The van der Waals surface area contributed by atoms with Crippen LogP contribution in [0, 0.1) is 0 Å². The molecular formula is C12H14ClF4NO2. The van der Waals surface area contributed by atoms with Gasteiger partial charge in [0.15, 0.2) is 0 Å². The van der Waals surface area contributed by atoms with Gasteiger partial charge in [0.2, 0.25) is 0 Å². The van der Waals surface area contributed by atoms with Crippen LogP contribution in [-0.4, -0.2) is 33.6 Å². The molecule has 1 N–H and O–H groups in total. The lowest BCUT2D eigenvalue weighted by Gasteiger charge is -2.28. The Morgan fingerprint density at radius 3 is 2.20 bits per heavy atom. The van der Waals surface area contributed by atoms with Crippen LogP contribution in [0.4, 0.5) is 17.6 Å². The minimum Gasteiger partial charge on any atom is -0.495 e. The van der Waals surface area contributed by atoms with Crippen LogP contribution >= 0.6 is 11.6 Å². The first-order valence-electron chi connectivity index (χ1n) is 5.54. The molecule has 1 unspecified atom stereocenters. The van der Waals surface area contributed by atoms with Crippen LogP contribution in [0.5, 0.6) is 11.5 Å². The minimum atomic E-state index is -4.28. The molecule has 0 aliphatic heterocycles. The second kappa shape index (κ2) is 6.49. The fourth-order valence-electron chi connectivity index (χ4n) is 1.83. The Hall–Kier alpha value is -1.21. The number of hydrogen-bond donors (Lipinski definition) is 1. The van der Waals surface area contributed by atoms with Gasteiger partial charge < -0.3 is 14.8 Å². The van der Waals surface area contributed by atoms with E-state index in [1.807, 2.05) is 0 Å². The van der Waals surface area contributed by atoms with Crippen LogP contribution in [0.2, 0.25) is 5.02 Å². The molecule has 0 fully saturated rings. The van der Waals surface area contributed by atoms with Gasteiger partial charge in [0.05, 0.1) is 14.2 Å². The molecule has 20 heavy (non-hydrogen) atoms. The highest BCUT2D eigenvalue weighted by Gasteiger charge is 2.50. The van der Waals surface area contributed by atoms with Crippen LogP contribution in [0.25, 0.3) is 0 Å². The van der Waals surface area contributed by atoms with Gasteiger partial charge in [-0.3, -0.25) is 0 Å². The SMILES string of the molecule is CNC(c1ccc(OC)c(Cl)c1OC)C(F)(F)C(F)F. The lowest BCUT2D eigenvalue weighted by atomic mass is 9.99. The van der Waals surface area contributed by atoms with Crippen LogP contribution in [0.1, 0.15) is 11.6 Å². The number of methoxy groups -OCH3 is 2. The summed E-state index contributed by atoms with van der Waals surface area (Å²) in [5.41, 5.74) is -0.175. The van der Waals surface area contributed by atoms with E-state index in [0.717, 1.165) is 7.05 Å². The maximum Gasteiger partial charge on any atom is 0.326 e. The molecule has 0 aliphatic rings. The Kier molecular flexibility index (Phi) is 5.47. The van der Waals surface area contributed by atoms with Crippen molar-refractivity contribution in [1.29, 1.82) is 0 Å². The van der Waals surface area contributed by atoms with Gasteiger partial charge in [0.25, 0.3) is 0 Å². The number of ether oxygens (including phenoxy) is 2. The molecule has 3 nitrogen and oxygen atoms in total. The number of alkyl halides is 4. The van der Waals surface area contributed by atoms with E-state index in [1.54, 1.807) is 0 Å². The average molecular weight is 316 g/mol. The van der Waals surface area contributed by atoms with Crippen LogP contribution < -0.4 is 14.8 Å². The van der Waals surface area contributed by atoms with E-state index in [2.05, 4.69) is 5.32 Å². The molecule has 0 spiro atoms. The average Bonchev–Trinajstić information content (AvgIpc) is 2.39. The molecule has 0 aromatic heterocycles. The normalized spacial score (nSPS) is 13.4. The van der Waals surface area contributed by atoms with Crippen molar-refractivity contribution < 1.29 is 27.0 Å². The van der Waals surface area contributed by atoms with Crippen molar-refractivity contribution in [2.45, 2.75) is 18.4 Å². The molecule has 0 heterocycles. The third-order valence-corrected chi connectivity index (χ3v) is 3.15.